The zero-order valence-corrected chi connectivity index (χ0v) is 13.9. The Bertz CT molecular complexity index is 879. The standard InChI is InChI=1S/C17H15FN4O2S/c18-14-7-3-11(4-8-14)9-15-20-21-17(22(15)19)25-10-12-1-5-13(6-2-12)16(23)24/h1-8H,9-10,19H2,(H,23,24). The zero-order valence-electron chi connectivity index (χ0n) is 13.1. The molecule has 25 heavy (non-hydrogen) atoms. The van der Waals surface area contributed by atoms with Crippen molar-refractivity contribution in [1.29, 1.82) is 0 Å². The number of thioether (sulfide) groups is 1. The topological polar surface area (TPSA) is 94.0 Å². The monoisotopic (exact) mass is 358 g/mol. The lowest BCUT2D eigenvalue weighted by molar-refractivity contribution is 0.0697. The number of nitrogens with zero attached hydrogens (tertiary/aromatic N) is 3. The molecule has 128 valence electrons. The molecule has 0 aliphatic rings. The van der Waals surface area contributed by atoms with E-state index in [9.17, 15) is 9.18 Å². The van der Waals surface area contributed by atoms with E-state index >= 15 is 0 Å². The highest BCUT2D eigenvalue weighted by atomic mass is 32.2. The molecule has 0 unspecified atom stereocenters. The number of aromatic nitrogens is 3. The maximum atomic E-state index is 12.9. The second-order valence-electron chi connectivity index (χ2n) is 5.36. The fraction of sp³-hybridized carbons (Fsp3) is 0.118. The Labute approximate surface area is 147 Å². The van der Waals surface area contributed by atoms with Gasteiger partial charge in [0.25, 0.3) is 0 Å². The van der Waals surface area contributed by atoms with Crippen LogP contribution in [0.15, 0.2) is 53.7 Å². The van der Waals surface area contributed by atoms with Gasteiger partial charge in [-0.05, 0) is 35.4 Å². The summed E-state index contributed by atoms with van der Waals surface area (Å²) in [5.74, 6) is 5.95. The van der Waals surface area contributed by atoms with Crippen molar-refractivity contribution in [2.24, 2.45) is 0 Å². The van der Waals surface area contributed by atoms with Crippen molar-refractivity contribution in [3.05, 3.63) is 76.9 Å². The van der Waals surface area contributed by atoms with E-state index in [1.807, 2.05) is 0 Å². The van der Waals surface area contributed by atoms with E-state index in [0.717, 1.165) is 11.1 Å². The molecule has 2 aromatic carbocycles. The molecule has 3 N–H and O–H groups in total. The first-order valence-electron chi connectivity index (χ1n) is 7.42. The highest BCUT2D eigenvalue weighted by molar-refractivity contribution is 7.98. The first kappa shape index (κ1) is 17.0. The van der Waals surface area contributed by atoms with Crippen LogP contribution in [0.1, 0.15) is 27.3 Å². The Hall–Kier alpha value is -2.87. The lowest BCUT2D eigenvalue weighted by Crippen LogP contribution is -2.14. The molecule has 0 aliphatic carbocycles. The third-order valence-electron chi connectivity index (χ3n) is 3.58. The molecular weight excluding hydrogens is 343 g/mol. The smallest absolute Gasteiger partial charge is 0.335 e. The molecule has 0 saturated heterocycles. The van der Waals surface area contributed by atoms with Crippen molar-refractivity contribution in [2.45, 2.75) is 17.3 Å². The van der Waals surface area contributed by atoms with Crippen LogP contribution in [0.4, 0.5) is 4.39 Å². The van der Waals surface area contributed by atoms with Crippen LogP contribution in [0.25, 0.3) is 0 Å². The molecule has 0 aliphatic heterocycles. The summed E-state index contributed by atoms with van der Waals surface area (Å²) in [4.78, 5) is 10.8. The molecule has 0 saturated carbocycles. The minimum atomic E-state index is -0.952. The second kappa shape index (κ2) is 7.35. The van der Waals surface area contributed by atoms with Gasteiger partial charge in [-0.2, -0.15) is 0 Å². The second-order valence-corrected chi connectivity index (χ2v) is 6.31. The van der Waals surface area contributed by atoms with E-state index in [1.165, 1.54) is 28.6 Å². The van der Waals surface area contributed by atoms with Crippen LogP contribution >= 0.6 is 11.8 Å². The summed E-state index contributed by atoms with van der Waals surface area (Å²) >= 11 is 1.41. The van der Waals surface area contributed by atoms with Gasteiger partial charge in [0.15, 0.2) is 5.82 Å². The average Bonchev–Trinajstić information content (AvgIpc) is 2.95. The SMILES string of the molecule is Nn1c(Cc2ccc(F)cc2)nnc1SCc1ccc(C(=O)O)cc1. The summed E-state index contributed by atoms with van der Waals surface area (Å²) < 4.78 is 14.4. The maximum absolute atomic E-state index is 12.9. The number of hydrogen-bond acceptors (Lipinski definition) is 5. The van der Waals surface area contributed by atoms with Crippen LogP contribution in [0.2, 0.25) is 0 Å². The summed E-state index contributed by atoms with van der Waals surface area (Å²) in [7, 11) is 0. The van der Waals surface area contributed by atoms with E-state index in [-0.39, 0.29) is 11.4 Å². The molecule has 0 amide bonds. The molecule has 3 rings (SSSR count). The molecule has 0 spiro atoms. The number of nitrogens with two attached hydrogens (primary N) is 1. The molecule has 0 bridgehead atoms. The number of halogens is 1. The molecule has 0 radical (unpaired) electrons. The van der Waals surface area contributed by atoms with Crippen LogP contribution in [0.3, 0.4) is 0 Å². The number of carboxylic acids is 1. The molecule has 1 aromatic heterocycles. The summed E-state index contributed by atoms with van der Waals surface area (Å²) in [5.41, 5.74) is 2.09. The fourth-order valence-electron chi connectivity index (χ4n) is 2.20. The van der Waals surface area contributed by atoms with Gasteiger partial charge in [0.1, 0.15) is 5.82 Å². The Morgan fingerprint density at radius 3 is 2.36 bits per heavy atom. The van der Waals surface area contributed by atoms with Crippen molar-refractivity contribution in [3.8, 4) is 0 Å². The molecular formula is C17H15FN4O2S. The Morgan fingerprint density at radius 2 is 1.72 bits per heavy atom. The fourth-order valence-corrected chi connectivity index (χ4v) is 3.03. The van der Waals surface area contributed by atoms with Crippen molar-refractivity contribution in [1.82, 2.24) is 14.9 Å². The van der Waals surface area contributed by atoms with Crippen molar-refractivity contribution in [3.63, 3.8) is 0 Å². The molecule has 0 fully saturated rings. The normalized spacial score (nSPS) is 10.8. The summed E-state index contributed by atoms with van der Waals surface area (Å²) in [5, 5.41) is 17.6. The van der Waals surface area contributed by atoms with Gasteiger partial charge in [-0.25, -0.2) is 13.9 Å². The van der Waals surface area contributed by atoms with Gasteiger partial charge in [0.2, 0.25) is 5.16 Å². The predicted octanol–water partition coefficient (Wildman–Crippen LogP) is 2.71. The molecule has 3 aromatic rings. The van der Waals surface area contributed by atoms with Crippen LogP contribution in [-0.2, 0) is 12.2 Å². The summed E-state index contributed by atoms with van der Waals surface area (Å²) in [6.07, 6.45) is 0.456. The summed E-state index contributed by atoms with van der Waals surface area (Å²) in [6, 6.07) is 12.8. The van der Waals surface area contributed by atoms with Gasteiger partial charge in [-0.3, -0.25) is 0 Å². The van der Waals surface area contributed by atoms with Gasteiger partial charge in [0.05, 0.1) is 5.56 Å². The van der Waals surface area contributed by atoms with E-state index < -0.39 is 5.97 Å². The number of aromatic carboxylic acids is 1. The number of hydrogen-bond donors (Lipinski definition) is 2. The quantitative estimate of drug-likeness (QED) is 0.520. The largest absolute Gasteiger partial charge is 0.478 e. The van der Waals surface area contributed by atoms with Gasteiger partial charge >= 0.3 is 5.97 Å². The van der Waals surface area contributed by atoms with E-state index in [1.54, 1.807) is 36.4 Å². The first-order chi connectivity index (χ1) is 12.0. The van der Waals surface area contributed by atoms with Crippen molar-refractivity contribution in [2.75, 3.05) is 5.84 Å². The highest BCUT2D eigenvalue weighted by Gasteiger charge is 2.11. The van der Waals surface area contributed by atoms with E-state index in [2.05, 4.69) is 10.2 Å². The molecule has 6 nitrogen and oxygen atoms in total. The molecule has 0 atom stereocenters. The predicted molar refractivity (Wildman–Crippen MR) is 92.3 cm³/mol. The number of nitrogen functional groups attached to an aromatic ring is 1. The zero-order chi connectivity index (χ0) is 17.8. The lowest BCUT2D eigenvalue weighted by atomic mass is 10.1. The minimum absolute atomic E-state index is 0.248. The van der Waals surface area contributed by atoms with Gasteiger partial charge < -0.3 is 10.9 Å². The Balaban J connectivity index is 1.64. The number of carboxylic acid groups (broad SMARTS) is 1. The van der Waals surface area contributed by atoms with Crippen LogP contribution in [-0.4, -0.2) is 25.9 Å². The molecule has 8 heteroatoms. The van der Waals surface area contributed by atoms with E-state index in [0.29, 0.717) is 23.2 Å². The minimum Gasteiger partial charge on any atom is -0.478 e. The van der Waals surface area contributed by atoms with Crippen molar-refractivity contribution >= 4 is 17.7 Å². The first-order valence-corrected chi connectivity index (χ1v) is 8.40. The third kappa shape index (κ3) is 4.16. The van der Waals surface area contributed by atoms with Gasteiger partial charge in [-0.1, -0.05) is 36.0 Å². The van der Waals surface area contributed by atoms with Gasteiger partial charge in [0, 0.05) is 12.2 Å². The number of rotatable bonds is 6. The Morgan fingerprint density at radius 1 is 1.08 bits per heavy atom. The van der Waals surface area contributed by atoms with Gasteiger partial charge in [-0.15, -0.1) is 10.2 Å². The average molecular weight is 358 g/mol. The number of carbonyl (C=O) groups is 1. The highest BCUT2D eigenvalue weighted by Crippen LogP contribution is 2.21. The van der Waals surface area contributed by atoms with Crippen molar-refractivity contribution < 1.29 is 14.3 Å². The van der Waals surface area contributed by atoms with Crippen LogP contribution in [0, 0.1) is 5.82 Å². The third-order valence-corrected chi connectivity index (χ3v) is 4.59. The molecule has 1 heterocycles. The van der Waals surface area contributed by atoms with E-state index in [4.69, 9.17) is 10.9 Å². The Kier molecular flexibility index (Phi) is 4.99. The number of benzene rings is 2. The van der Waals surface area contributed by atoms with Crippen LogP contribution < -0.4 is 5.84 Å². The lowest BCUT2D eigenvalue weighted by Gasteiger charge is -2.04. The van der Waals surface area contributed by atoms with Crippen LogP contribution in [0.5, 0.6) is 0 Å². The summed E-state index contributed by atoms with van der Waals surface area (Å²) in [6.45, 7) is 0. The maximum Gasteiger partial charge on any atom is 0.335 e.